The molecule has 2 aromatic rings. The summed E-state index contributed by atoms with van der Waals surface area (Å²) >= 11 is 0. The molecule has 0 atom stereocenters. The van der Waals surface area contributed by atoms with Gasteiger partial charge in [-0.1, -0.05) is 26.0 Å². The van der Waals surface area contributed by atoms with Crippen LogP contribution in [-0.2, 0) is 10.0 Å². The highest BCUT2D eigenvalue weighted by Gasteiger charge is 2.19. The molecule has 0 saturated heterocycles. The van der Waals surface area contributed by atoms with Crippen LogP contribution in [0.15, 0.2) is 47.4 Å². The highest BCUT2D eigenvalue weighted by molar-refractivity contribution is 7.92. The first-order chi connectivity index (χ1) is 10.7. The number of aromatic carboxylic acids is 1. The molecule has 0 aromatic heterocycles. The second kappa shape index (κ2) is 6.37. The van der Waals surface area contributed by atoms with Crippen LogP contribution in [0.25, 0.3) is 0 Å². The SMILES string of the molecule is CC(C)c1ccc(S(=O)(=O)Nc2ccc(F)cc2C(=O)O)cc1. The molecule has 0 aliphatic heterocycles. The van der Waals surface area contributed by atoms with Gasteiger partial charge in [-0.3, -0.25) is 4.72 Å². The molecule has 2 aromatic carbocycles. The topological polar surface area (TPSA) is 83.5 Å². The van der Waals surface area contributed by atoms with Crippen LogP contribution in [0.3, 0.4) is 0 Å². The smallest absolute Gasteiger partial charge is 0.337 e. The summed E-state index contributed by atoms with van der Waals surface area (Å²) < 4.78 is 40.0. The average Bonchev–Trinajstić information content (AvgIpc) is 2.48. The van der Waals surface area contributed by atoms with Gasteiger partial charge in [0.15, 0.2) is 0 Å². The number of sulfonamides is 1. The highest BCUT2D eigenvalue weighted by Crippen LogP contribution is 2.23. The number of anilines is 1. The maximum Gasteiger partial charge on any atom is 0.337 e. The van der Waals surface area contributed by atoms with Crippen molar-refractivity contribution in [1.29, 1.82) is 0 Å². The van der Waals surface area contributed by atoms with Crippen molar-refractivity contribution in [3.63, 3.8) is 0 Å². The Balaban J connectivity index is 2.37. The van der Waals surface area contributed by atoms with E-state index in [0.717, 1.165) is 23.8 Å². The molecule has 0 bridgehead atoms. The molecule has 23 heavy (non-hydrogen) atoms. The molecule has 0 spiro atoms. The molecular weight excluding hydrogens is 321 g/mol. The Bertz CT molecular complexity index is 830. The van der Waals surface area contributed by atoms with Gasteiger partial charge in [0.1, 0.15) is 5.82 Å². The minimum absolute atomic E-state index is 0.00237. The molecule has 0 heterocycles. The van der Waals surface area contributed by atoms with E-state index in [4.69, 9.17) is 5.11 Å². The van der Waals surface area contributed by atoms with Crippen LogP contribution in [0.1, 0.15) is 35.7 Å². The monoisotopic (exact) mass is 337 g/mol. The number of carboxylic acids is 1. The van der Waals surface area contributed by atoms with Crippen molar-refractivity contribution in [2.24, 2.45) is 0 Å². The molecule has 2 rings (SSSR count). The summed E-state index contributed by atoms with van der Waals surface area (Å²) in [7, 11) is -3.96. The Morgan fingerprint density at radius 1 is 1.13 bits per heavy atom. The summed E-state index contributed by atoms with van der Waals surface area (Å²) in [6, 6.07) is 9.13. The summed E-state index contributed by atoms with van der Waals surface area (Å²) in [5, 5.41) is 9.05. The molecule has 0 aliphatic carbocycles. The van der Waals surface area contributed by atoms with E-state index < -0.39 is 27.4 Å². The number of hydrogen-bond acceptors (Lipinski definition) is 3. The third-order valence-electron chi connectivity index (χ3n) is 3.31. The Labute approximate surface area is 133 Å². The van der Waals surface area contributed by atoms with E-state index in [9.17, 15) is 17.6 Å². The van der Waals surface area contributed by atoms with E-state index in [1.165, 1.54) is 12.1 Å². The summed E-state index contributed by atoms with van der Waals surface area (Å²) in [4.78, 5) is 11.1. The van der Waals surface area contributed by atoms with Crippen LogP contribution in [0.5, 0.6) is 0 Å². The zero-order chi connectivity index (χ0) is 17.2. The number of carboxylic acid groups (broad SMARTS) is 1. The third kappa shape index (κ3) is 3.87. The molecule has 122 valence electrons. The standard InChI is InChI=1S/C16H16FNO4S/c1-10(2)11-3-6-13(7-4-11)23(21,22)18-15-8-5-12(17)9-14(15)16(19)20/h3-10,18H,1-2H3,(H,19,20). The molecule has 2 N–H and O–H groups in total. The fourth-order valence-electron chi connectivity index (χ4n) is 2.02. The number of rotatable bonds is 5. The minimum Gasteiger partial charge on any atom is -0.478 e. The Morgan fingerprint density at radius 2 is 1.74 bits per heavy atom. The minimum atomic E-state index is -3.96. The Hall–Kier alpha value is -2.41. The van der Waals surface area contributed by atoms with E-state index >= 15 is 0 Å². The molecule has 0 fully saturated rings. The fourth-order valence-corrected chi connectivity index (χ4v) is 3.10. The Morgan fingerprint density at radius 3 is 2.26 bits per heavy atom. The maximum absolute atomic E-state index is 13.1. The quantitative estimate of drug-likeness (QED) is 0.875. The van der Waals surface area contributed by atoms with Crippen LogP contribution >= 0.6 is 0 Å². The van der Waals surface area contributed by atoms with Crippen molar-refractivity contribution in [1.82, 2.24) is 0 Å². The Kier molecular flexibility index (Phi) is 4.70. The lowest BCUT2D eigenvalue weighted by Crippen LogP contribution is -2.15. The van der Waals surface area contributed by atoms with E-state index in [0.29, 0.717) is 0 Å². The summed E-state index contributed by atoms with van der Waals surface area (Å²) in [5.41, 5.74) is 0.344. The van der Waals surface area contributed by atoms with Crippen molar-refractivity contribution in [2.45, 2.75) is 24.7 Å². The second-order valence-electron chi connectivity index (χ2n) is 5.32. The summed E-state index contributed by atoms with van der Waals surface area (Å²) in [6.07, 6.45) is 0. The lowest BCUT2D eigenvalue weighted by molar-refractivity contribution is 0.0697. The lowest BCUT2D eigenvalue weighted by Gasteiger charge is -2.12. The molecule has 7 heteroatoms. The predicted octanol–water partition coefficient (Wildman–Crippen LogP) is 3.45. The summed E-state index contributed by atoms with van der Waals surface area (Å²) in [6.45, 7) is 3.97. The van der Waals surface area contributed by atoms with Crippen LogP contribution in [0, 0.1) is 5.82 Å². The number of halogens is 1. The van der Waals surface area contributed by atoms with E-state index in [1.54, 1.807) is 12.1 Å². The van der Waals surface area contributed by atoms with E-state index in [2.05, 4.69) is 4.72 Å². The number of benzene rings is 2. The van der Waals surface area contributed by atoms with Crippen LogP contribution in [0.2, 0.25) is 0 Å². The van der Waals surface area contributed by atoms with Crippen molar-refractivity contribution in [2.75, 3.05) is 4.72 Å². The van der Waals surface area contributed by atoms with Gasteiger partial charge in [-0.2, -0.15) is 0 Å². The lowest BCUT2D eigenvalue weighted by atomic mass is 10.0. The van der Waals surface area contributed by atoms with Gasteiger partial charge in [-0.05, 0) is 41.8 Å². The first-order valence-electron chi connectivity index (χ1n) is 6.86. The van der Waals surface area contributed by atoms with Gasteiger partial charge in [0.2, 0.25) is 0 Å². The first-order valence-corrected chi connectivity index (χ1v) is 8.34. The van der Waals surface area contributed by atoms with E-state index in [-0.39, 0.29) is 16.5 Å². The molecule has 0 amide bonds. The molecular formula is C16H16FNO4S. The van der Waals surface area contributed by atoms with Crippen LogP contribution in [-0.4, -0.2) is 19.5 Å². The van der Waals surface area contributed by atoms with Crippen LogP contribution < -0.4 is 4.72 Å². The van der Waals surface area contributed by atoms with Gasteiger partial charge in [-0.25, -0.2) is 17.6 Å². The number of hydrogen-bond donors (Lipinski definition) is 2. The predicted molar refractivity (Wildman–Crippen MR) is 84.7 cm³/mol. The maximum atomic E-state index is 13.1. The molecule has 0 unspecified atom stereocenters. The average molecular weight is 337 g/mol. The second-order valence-corrected chi connectivity index (χ2v) is 7.01. The fraction of sp³-hybridized carbons (Fsp3) is 0.188. The largest absolute Gasteiger partial charge is 0.478 e. The number of nitrogens with one attached hydrogen (secondary N) is 1. The van der Waals surface area contributed by atoms with Gasteiger partial charge in [0, 0.05) is 0 Å². The van der Waals surface area contributed by atoms with E-state index in [1.807, 2.05) is 13.8 Å². The summed E-state index contributed by atoms with van der Waals surface area (Å²) in [5.74, 6) is -1.92. The van der Waals surface area contributed by atoms with Crippen molar-refractivity contribution >= 4 is 21.7 Å². The molecule has 0 saturated carbocycles. The zero-order valence-electron chi connectivity index (χ0n) is 12.6. The first kappa shape index (κ1) is 17.0. The molecule has 5 nitrogen and oxygen atoms in total. The van der Waals surface area contributed by atoms with Gasteiger partial charge in [0.25, 0.3) is 10.0 Å². The van der Waals surface area contributed by atoms with Crippen LogP contribution in [0.4, 0.5) is 10.1 Å². The van der Waals surface area contributed by atoms with Gasteiger partial charge in [0.05, 0.1) is 16.1 Å². The van der Waals surface area contributed by atoms with Crippen molar-refractivity contribution in [3.05, 3.63) is 59.4 Å². The third-order valence-corrected chi connectivity index (χ3v) is 4.69. The van der Waals surface area contributed by atoms with Gasteiger partial charge < -0.3 is 5.11 Å². The van der Waals surface area contributed by atoms with Crippen molar-refractivity contribution in [3.8, 4) is 0 Å². The van der Waals surface area contributed by atoms with Gasteiger partial charge in [-0.15, -0.1) is 0 Å². The molecule has 0 aliphatic rings. The van der Waals surface area contributed by atoms with Gasteiger partial charge >= 0.3 is 5.97 Å². The zero-order valence-corrected chi connectivity index (χ0v) is 13.4. The highest BCUT2D eigenvalue weighted by atomic mass is 32.2. The number of carbonyl (C=O) groups is 1. The molecule has 0 radical (unpaired) electrons. The van der Waals surface area contributed by atoms with Crippen molar-refractivity contribution < 1.29 is 22.7 Å². The normalized spacial score (nSPS) is 11.5.